The van der Waals surface area contributed by atoms with Crippen molar-refractivity contribution in [2.24, 2.45) is 4.99 Å². The van der Waals surface area contributed by atoms with Gasteiger partial charge in [0, 0.05) is 11.9 Å². The summed E-state index contributed by atoms with van der Waals surface area (Å²) < 4.78 is 0. The van der Waals surface area contributed by atoms with E-state index in [4.69, 9.17) is 0 Å². The summed E-state index contributed by atoms with van der Waals surface area (Å²) in [7, 11) is 0. The van der Waals surface area contributed by atoms with E-state index in [1.165, 1.54) is 5.57 Å². The Labute approximate surface area is 112 Å². The number of rotatable bonds is 6. The van der Waals surface area contributed by atoms with E-state index >= 15 is 0 Å². The van der Waals surface area contributed by atoms with Crippen LogP contribution in [0.1, 0.15) is 41.0 Å². The van der Waals surface area contributed by atoms with E-state index in [2.05, 4.69) is 50.2 Å². The minimum absolute atomic E-state index is 0.965. The van der Waals surface area contributed by atoms with Crippen molar-refractivity contribution in [1.29, 1.82) is 0 Å². The average Bonchev–Trinajstić information content (AvgIpc) is 2.35. The van der Waals surface area contributed by atoms with Crippen LogP contribution in [-0.4, -0.2) is 5.71 Å². The van der Waals surface area contributed by atoms with Crippen LogP contribution in [0.4, 0.5) is 0 Å². The molecule has 0 N–H and O–H groups in total. The summed E-state index contributed by atoms with van der Waals surface area (Å²) in [5, 5.41) is 0. The van der Waals surface area contributed by atoms with Gasteiger partial charge in [-0.3, -0.25) is 4.99 Å². The fourth-order valence-corrected chi connectivity index (χ4v) is 1.16. The lowest BCUT2D eigenvalue weighted by Crippen LogP contribution is -1.90. The molecule has 0 aliphatic rings. The lowest BCUT2D eigenvalue weighted by molar-refractivity contribution is 1.16. The lowest BCUT2D eigenvalue weighted by Gasteiger charge is -2.02. The zero-order valence-electron chi connectivity index (χ0n) is 12.4. The Hall–Kier alpha value is -1.63. The van der Waals surface area contributed by atoms with Crippen molar-refractivity contribution < 1.29 is 0 Å². The van der Waals surface area contributed by atoms with Crippen molar-refractivity contribution in [3.8, 4) is 0 Å². The fraction of sp³-hybridized carbons (Fsp3) is 0.353. The standard InChI is InChI=1S/C17H25N/c1-8-14(5)10-11-17(9-2)15(6)12-18-16(7)13(3)4/h9-12H,3,5,8H2,1-2,4,6-7H3/b11-10-,15-12+,17-9+,18-16?. The lowest BCUT2D eigenvalue weighted by atomic mass is 10.1. The van der Waals surface area contributed by atoms with E-state index in [0.29, 0.717) is 0 Å². The molecule has 0 atom stereocenters. The predicted molar refractivity (Wildman–Crippen MR) is 84.0 cm³/mol. The first kappa shape index (κ1) is 16.4. The van der Waals surface area contributed by atoms with E-state index in [0.717, 1.165) is 28.9 Å². The number of hydrogen-bond acceptors (Lipinski definition) is 1. The predicted octanol–water partition coefficient (Wildman–Crippen LogP) is 5.40. The normalized spacial score (nSPS) is 14.2. The summed E-state index contributed by atoms with van der Waals surface area (Å²) >= 11 is 0. The van der Waals surface area contributed by atoms with Crippen molar-refractivity contribution >= 4 is 5.71 Å². The Morgan fingerprint density at radius 1 is 1.11 bits per heavy atom. The molecule has 1 nitrogen and oxygen atoms in total. The fourth-order valence-electron chi connectivity index (χ4n) is 1.16. The zero-order chi connectivity index (χ0) is 14.1. The molecule has 0 aromatic heterocycles. The topological polar surface area (TPSA) is 12.4 Å². The highest BCUT2D eigenvalue weighted by atomic mass is 14.7. The summed E-state index contributed by atoms with van der Waals surface area (Å²) in [6, 6.07) is 0. The molecule has 0 radical (unpaired) electrons. The second-order valence-electron chi connectivity index (χ2n) is 4.40. The summed E-state index contributed by atoms with van der Waals surface area (Å²) in [6.07, 6.45) is 9.09. The molecule has 1 heteroatoms. The maximum Gasteiger partial charge on any atom is 0.0395 e. The van der Waals surface area contributed by atoms with Gasteiger partial charge in [0.25, 0.3) is 0 Å². The SMILES string of the molecule is C=C(\C=C/C(=C\C)C(/C)=C/N=C(C)C(=C)C)CC. The molecule has 0 amide bonds. The second kappa shape index (κ2) is 8.46. The van der Waals surface area contributed by atoms with Crippen LogP contribution < -0.4 is 0 Å². The molecule has 0 saturated heterocycles. The summed E-state index contributed by atoms with van der Waals surface area (Å²) in [5.41, 5.74) is 5.40. The molecule has 98 valence electrons. The maximum atomic E-state index is 4.40. The average molecular weight is 243 g/mol. The molecule has 0 unspecified atom stereocenters. The van der Waals surface area contributed by atoms with E-state index in [9.17, 15) is 0 Å². The van der Waals surface area contributed by atoms with Crippen molar-refractivity contribution in [3.63, 3.8) is 0 Å². The Morgan fingerprint density at radius 3 is 2.17 bits per heavy atom. The minimum atomic E-state index is 0.965. The molecular weight excluding hydrogens is 218 g/mol. The molecular formula is C17H25N. The van der Waals surface area contributed by atoms with Crippen molar-refractivity contribution in [2.75, 3.05) is 0 Å². The maximum absolute atomic E-state index is 4.40. The van der Waals surface area contributed by atoms with Gasteiger partial charge in [0.15, 0.2) is 0 Å². The van der Waals surface area contributed by atoms with Gasteiger partial charge in [-0.05, 0) is 50.8 Å². The first-order valence-corrected chi connectivity index (χ1v) is 6.31. The largest absolute Gasteiger partial charge is 0.261 e. The van der Waals surface area contributed by atoms with Gasteiger partial charge in [0.2, 0.25) is 0 Å². The minimum Gasteiger partial charge on any atom is -0.261 e. The van der Waals surface area contributed by atoms with Gasteiger partial charge in [-0.1, -0.05) is 43.9 Å². The van der Waals surface area contributed by atoms with Crippen LogP contribution in [0.2, 0.25) is 0 Å². The molecule has 0 fully saturated rings. The highest BCUT2D eigenvalue weighted by molar-refractivity contribution is 5.97. The Bertz CT molecular complexity index is 429. The Morgan fingerprint density at radius 2 is 1.72 bits per heavy atom. The van der Waals surface area contributed by atoms with Crippen LogP contribution in [0.25, 0.3) is 0 Å². The van der Waals surface area contributed by atoms with Crippen molar-refractivity contribution in [3.05, 3.63) is 59.9 Å². The van der Waals surface area contributed by atoms with Gasteiger partial charge in [-0.15, -0.1) is 0 Å². The molecule has 0 aromatic carbocycles. The third-order valence-electron chi connectivity index (χ3n) is 2.79. The molecule has 0 aromatic rings. The third-order valence-corrected chi connectivity index (χ3v) is 2.79. The van der Waals surface area contributed by atoms with Crippen LogP contribution in [-0.2, 0) is 0 Å². The molecule has 0 bridgehead atoms. The van der Waals surface area contributed by atoms with Gasteiger partial charge in [0.1, 0.15) is 0 Å². The summed E-state index contributed by atoms with van der Waals surface area (Å²) in [5.74, 6) is 0. The van der Waals surface area contributed by atoms with Gasteiger partial charge in [-0.2, -0.15) is 0 Å². The van der Waals surface area contributed by atoms with Crippen LogP contribution in [0.5, 0.6) is 0 Å². The molecule has 0 saturated carbocycles. The quantitative estimate of drug-likeness (QED) is 0.438. The molecule has 0 aliphatic heterocycles. The van der Waals surface area contributed by atoms with Crippen LogP contribution in [0.3, 0.4) is 0 Å². The van der Waals surface area contributed by atoms with E-state index < -0.39 is 0 Å². The van der Waals surface area contributed by atoms with Crippen molar-refractivity contribution in [1.82, 2.24) is 0 Å². The molecule has 0 spiro atoms. The first-order valence-electron chi connectivity index (χ1n) is 6.31. The monoisotopic (exact) mass is 243 g/mol. The van der Waals surface area contributed by atoms with E-state index in [1.807, 2.05) is 27.0 Å². The van der Waals surface area contributed by atoms with Gasteiger partial charge < -0.3 is 0 Å². The molecule has 18 heavy (non-hydrogen) atoms. The number of nitrogens with zero attached hydrogens (tertiary/aromatic N) is 1. The zero-order valence-corrected chi connectivity index (χ0v) is 12.4. The summed E-state index contributed by atoms with van der Waals surface area (Å²) in [4.78, 5) is 4.40. The van der Waals surface area contributed by atoms with E-state index in [-0.39, 0.29) is 0 Å². The molecule has 0 aliphatic carbocycles. The van der Waals surface area contributed by atoms with Crippen LogP contribution in [0.15, 0.2) is 64.9 Å². The van der Waals surface area contributed by atoms with E-state index in [1.54, 1.807) is 0 Å². The Balaban J connectivity index is 4.95. The number of aliphatic imine (C=N–C) groups is 1. The highest BCUT2D eigenvalue weighted by Gasteiger charge is 1.95. The molecule has 0 heterocycles. The van der Waals surface area contributed by atoms with Gasteiger partial charge >= 0.3 is 0 Å². The smallest absolute Gasteiger partial charge is 0.0395 e. The van der Waals surface area contributed by atoms with Crippen LogP contribution in [0, 0.1) is 0 Å². The number of hydrogen-bond donors (Lipinski definition) is 0. The number of allylic oxidation sites excluding steroid dienone is 7. The molecule has 0 rings (SSSR count). The van der Waals surface area contributed by atoms with Crippen molar-refractivity contribution in [2.45, 2.75) is 41.0 Å². The Kier molecular flexibility index (Phi) is 7.69. The second-order valence-corrected chi connectivity index (χ2v) is 4.40. The van der Waals surface area contributed by atoms with Gasteiger partial charge in [0.05, 0.1) is 0 Å². The van der Waals surface area contributed by atoms with Crippen LogP contribution >= 0.6 is 0 Å². The summed E-state index contributed by atoms with van der Waals surface area (Å²) in [6.45, 7) is 18.0. The third kappa shape index (κ3) is 6.19. The highest BCUT2D eigenvalue weighted by Crippen LogP contribution is 2.13. The first-order chi connectivity index (χ1) is 8.42. The van der Waals surface area contributed by atoms with Gasteiger partial charge in [-0.25, -0.2) is 0 Å².